The summed E-state index contributed by atoms with van der Waals surface area (Å²) in [5, 5.41) is 1.75. The zero-order chi connectivity index (χ0) is 17.2. The van der Waals surface area contributed by atoms with Crippen LogP contribution in [0.4, 0.5) is 18.9 Å². The van der Waals surface area contributed by atoms with Gasteiger partial charge in [0.25, 0.3) is 5.91 Å². The lowest BCUT2D eigenvalue weighted by Gasteiger charge is -2.09. The first-order valence-electron chi connectivity index (χ1n) is 6.46. The summed E-state index contributed by atoms with van der Waals surface area (Å²) in [6, 6.07) is 5.67. The standard InChI is InChI=1S/C14H11F3N2O2S2/c1-2-19-11(20)10(23-13(19)22)7-8-3-5-9(6-4-8)18-12(21)14(15,16)17/h3-7H,2H2,1H3,(H,18,21). The number of nitrogens with zero attached hydrogens (tertiary/aromatic N) is 1. The highest BCUT2D eigenvalue weighted by Gasteiger charge is 2.38. The quantitative estimate of drug-likeness (QED) is 0.663. The van der Waals surface area contributed by atoms with Gasteiger partial charge in [0, 0.05) is 12.2 Å². The van der Waals surface area contributed by atoms with Gasteiger partial charge < -0.3 is 5.32 Å². The van der Waals surface area contributed by atoms with Crippen molar-refractivity contribution in [2.75, 3.05) is 11.9 Å². The molecular weight excluding hydrogens is 349 g/mol. The normalized spacial score (nSPS) is 17.0. The molecule has 0 bridgehead atoms. The summed E-state index contributed by atoms with van der Waals surface area (Å²) >= 11 is 6.26. The van der Waals surface area contributed by atoms with Crippen LogP contribution < -0.4 is 5.32 Å². The zero-order valence-electron chi connectivity index (χ0n) is 11.8. The third-order valence-corrected chi connectivity index (χ3v) is 4.29. The summed E-state index contributed by atoms with van der Waals surface area (Å²) < 4.78 is 36.9. The van der Waals surface area contributed by atoms with Crippen molar-refractivity contribution < 1.29 is 22.8 Å². The van der Waals surface area contributed by atoms with Gasteiger partial charge in [-0.15, -0.1) is 0 Å². The molecule has 0 aliphatic carbocycles. The lowest BCUT2D eigenvalue weighted by molar-refractivity contribution is -0.167. The van der Waals surface area contributed by atoms with Crippen LogP contribution in [0.15, 0.2) is 29.2 Å². The van der Waals surface area contributed by atoms with E-state index >= 15 is 0 Å². The van der Waals surface area contributed by atoms with E-state index in [9.17, 15) is 22.8 Å². The fourth-order valence-electron chi connectivity index (χ4n) is 1.79. The van der Waals surface area contributed by atoms with Crippen LogP contribution in [0, 0.1) is 0 Å². The minimum Gasteiger partial charge on any atom is -0.318 e. The van der Waals surface area contributed by atoms with Crippen molar-refractivity contribution in [3.63, 3.8) is 0 Å². The SMILES string of the molecule is CCN1C(=O)C(=Cc2ccc(NC(=O)C(F)(F)F)cc2)SC1=S. The first-order chi connectivity index (χ1) is 10.7. The number of rotatable bonds is 3. The summed E-state index contributed by atoms with van der Waals surface area (Å²) in [5.74, 6) is -2.23. The number of alkyl halides is 3. The molecule has 0 spiro atoms. The molecule has 0 atom stereocenters. The van der Waals surface area contributed by atoms with Crippen LogP contribution in [0.1, 0.15) is 12.5 Å². The average molecular weight is 360 g/mol. The van der Waals surface area contributed by atoms with Gasteiger partial charge in [-0.2, -0.15) is 13.2 Å². The Kier molecular flexibility index (Phi) is 5.10. The van der Waals surface area contributed by atoms with Gasteiger partial charge in [0.15, 0.2) is 0 Å². The summed E-state index contributed by atoms with van der Waals surface area (Å²) in [6.07, 6.45) is -3.34. The highest BCUT2D eigenvalue weighted by molar-refractivity contribution is 8.26. The number of halogens is 3. The maximum absolute atomic E-state index is 12.2. The first kappa shape index (κ1) is 17.5. The van der Waals surface area contributed by atoms with E-state index in [2.05, 4.69) is 0 Å². The number of hydrogen-bond acceptors (Lipinski definition) is 4. The number of amides is 2. The number of carbonyl (C=O) groups excluding carboxylic acids is 2. The summed E-state index contributed by atoms with van der Waals surface area (Å²) in [4.78, 5) is 24.8. The Bertz CT molecular complexity index is 684. The van der Waals surface area contributed by atoms with Crippen LogP contribution in [0.2, 0.25) is 0 Å². The van der Waals surface area contributed by atoms with Crippen molar-refractivity contribution >= 4 is 51.9 Å². The Morgan fingerprint density at radius 2 is 1.96 bits per heavy atom. The van der Waals surface area contributed by atoms with Gasteiger partial charge in [-0.1, -0.05) is 36.1 Å². The molecule has 4 nitrogen and oxygen atoms in total. The predicted octanol–water partition coefficient (Wildman–Crippen LogP) is 3.41. The number of likely N-dealkylation sites (N-methyl/N-ethyl adjacent to an activating group) is 1. The fourth-order valence-corrected chi connectivity index (χ4v) is 3.17. The lowest BCUT2D eigenvalue weighted by Crippen LogP contribution is -2.29. The van der Waals surface area contributed by atoms with Crippen molar-refractivity contribution in [2.45, 2.75) is 13.1 Å². The third kappa shape index (κ3) is 4.11. The van der Waals surface area contributed by atoms with Gasteiger partial charge in [-0.05, 0) is 30.7 Å². The minimum atomic E-state index is -4.94. The molecule has 0 saturated carbocycles. The van der Waals surface area contributed by atoms with E-state index in [1.54, 1.807) is 11.4 Å². The number of thiocarbonyl (C=S) groups is 1. The van der Waals surface area contributed by atoms with Crippen molar-refractivity contribution in [1.82, 2.24) is 4.90 Å². The van der Waals surface area contributed by atoms with E-state index in [4.69, 9.17) is 12.2 Å². The number of nitrogens with one attached hydrogen (secondary N) is 1. The van der Waals surface area contributed by atoms with Crippen molar-refractivity contribution in [1.29, 1.82) is 0 Å². The van der Waals surface area contributed by atoms with E-state index in [1.165, 1.54) is 40.9 Å². The Morgan fingerprint density at radius 3 is 2.43 bits per heavy atom. The second-order valence-corrected chi connectivity index (χ2v) is 6.18. The van der Waals surface area contributed by atoms with Crippen molar-refractivity contribution in [2.24, 2.45) is 0 Å². The van der Waals surface area contributed by atoms with Crippen LogP contribution in [-0.2, 0) is 9.59 Å². The van der Waals surface area contributed by atoms with Gasteiger partial charge in [-0.25, -0.2) is 0 Å². The smallest absolute Gasteiger partial charge is 0.318 e. The van der Waals surface area contributed by atoms with Gasteiger partial charge in [-0.3, -0.25) is 14.5 Å². The number of hydrogen-bond donors (Lipinski definition) is 1. The Morgan fingerprint density at radius 1 is 1.35 bits per heavy atom. The van der Waals surface area contributed by atoms with E-state index in [0.717, 1.165) is 0 Å². The maximum atomic E-state index is 12.2. The van der Waals surface area contributed by atoms with Crippen molar-refractivity contribution in [3.8, 4) is 0 Å². The number of anilines is 1. The molecule has 1 fully saturated rings. The fraction of sp³-hybridized carbons (Fsp3) is 0.214. The van der Waals surface area contributed by atoms with E-state index in [-0.39, 0.29) is 11.6 Å². The molecule has 1 aromatic rings. The Balaban J connectivity index is 2.12. The molecule has 9 heteroatoms. The molecule has 2 amide bonds. The molecule has 1 aliphatic rings. The summed E-state index contributed by atoms with van der Waals surface area (Å²) in [7, 11) is 0. The third-order valence-electron chi connectivity index (χ3n) is 2.91. The van der Waals surface area contributed by atoms with Crippen molar-refractivity contribution in [3.05, 3.63) is 34.7 Å². The number of carbonyl (C=O) groups is 2. The van der Waals surface area contributed by atoms with Crippen LogP contribution in [0.5, 0.6) is 0 Å². The van der Waals surface area contributed by atoms with E-state index < -0.39 is 12.1 Å². The Hall–Kier alpha value is -1.87. The first-order valence-corrected chi connectivity index (χ1v) is 7.68. The predicted molar refractivity (Wildman–Crippen MR) is 86.7 cm³/mol. The van der Waals surface area contributed by atoms with Gasteiger partial charge in [0.1, 0.15) is 4.32 Å². The average Bonchev–Trinajstić information content (AvgIpc) is 2.74. The maximum Gasteiger partial charge on any atom is 0.471 e. The van der Waals surface area contributed by atoms with Crippen LogP contribution >= 0.6 is 24.0 Å². The molecule has 1 aliphatic heterocycles. The monoisotopic (exact) mass is 360 g/mol. The molecule has 0 unspecified atom stereocenters. The molecule has 0 aromatic heterocycles. The van der Waals surface area contributed by atoms with Crippen LogP contribution in [-0.4, -0.2) is 33.8 Å². The molecule has 23 heavy (non-hydrogen) atoms. The highest BCUT2D eigenvalue weighted by atomic mass is 32.2. The van der Waals surface area contributed by atoms with E-state index in [0.29, 0.717) is 21.3 Å². The number of thioether (sulfide) groups is 1. The zero-order valence-corrected chi connectivity index (χ0v) is 13.4. The van der Waals surface area contributed by atoms with Crippen LogP contribution in [0.25, 0.3) is 6.08 Å². The molecule has 1 N–H and O–H groups in total. The van der Waals surface area contributed by atoms with Gasteiger partial charge in [0.05, 0.1) is 4.91 Å². The molecule has 2 rings (SSSR count). The molecule has 1 saturated heterocycles. The van der Waals surface area contributed by atoms with Gasteiger partial charge in [0.2, 0.25) is 0 Å². The van der Waals surface area contributed by atoms with E-state index in [1.807, 2.05) is 6.92 Å². The molecule has 1 heterocycles. The number of benzene rings is 1. The van der Waals surface area contributed by atoms with Gasteiger partial charge >= 0.3 is 12.1 Å². The summed E-state index contributed by atoms with van der Waals surface area (Å²) in [5.41, 5.74) is 0.636. The molecule has 122 valence electrons. The molecular formula is C14H11F3N2O2S2. The Labute approximate surface area is 139 Å². The second-order valence-electron chi connectivity index (χ2n) is 4.50. The topological polar surface area (TPSA) is 49.4 Å². The largest absolute Gasteiger partial charge is 0.471 e. The summed E-state index contributed by atoms with van der Waals surface area (Å²) in [6.45, 7) is 2.29. The minimum absolute atomic E-state index is 0.0191. The van der Waals surface area contributed by atoms with Crippen LogP contribution in [0.3, 0.4) is 0 Å². The highest BCUT2D eigenvalue weighted by Crippen LogP contribution is 2.32. The lowest BCUT2D eigenvalue weighted by atomic mass is 10.2. The molecule has 1 aromatic carbocycles. The molecule has 0 radical (unpaired) electrons. The second kappa shape index (κ2) is 6.71.